The number of fused-ring (bicyclic) bond motifs is 1. The van der Waals surface area contributed by atoms with E-state index in [1.165, 1.54) is 4.90 Å². The van der Waals surface area contributed by atoms with Gasteiger partial charge in [0.05, 0.1) is 17.2 Å². The van der Waals surface area contributed by atoms with Gasteiger partial charge in [-0.15, -0.1) is 0 Å². The maximum Gasteiger partial charge on any atom is 0.272 e. The first-order valence-electron chi connectivity index (χ1n) is 10.2. The van der Waals surface area contributed by atoms with Gasteiger partial charge in [-0.05, 0) is 45.2 Å². The Morgan fingerprint density at radius 1 is 1.10 bits per heavy atom. The van der Waals surface area contributed by atoms with Gasteiger partial charge in [-0.3, -0.25) is 9.59 Å². The van der Waals surface area contributed by atoms with Crippen LogP contribution in [0.2, 0.25) is 0 Å². The van der Waals surface area contributed by atoms with Crippen molar-refractivity contribution in [1.82, 2.24) is 20.0 Å². The number of rotatable bonds is 4. The Kier molecular flexibility index (Phi) is 5.40. The second-order valence-electron chi connectivity index (χ2n) is 8.05. The minimum absolute atomic E-state index is 0.0339. The third kappa shape index (κ3) is 3.98. The number of carbonyl (C=O) groups is 2. The summed E-state index contributed by atoms with van der Waals surface area (Å²) in [5.74, 6) is -0.709. The highest BCUT2D eigenvalue weighted by atomic mass is 32.2. The lowest BCUT2D eigenvalue weighted by atomic mass is 10.1. The molecule has 30 heavy (non-hydrogen) atoms. The fraction of sp³-hybridized carbons (Fsp3) is 0.476. The number of hydrogen-bond acceptors (Lipinski definition) is 5. The van der Waals surface area contributed by atoms with Gasteiger partial charge in [0.15, 0.2) is 15.5 Å². The normalized spacial score (nSPS) is 18.7. The van der Waals surface area contributed by atoms with Crippen molar-refractivity contribution in [3.8, 4) is 5.69 Å². The van der Waals surface area contributed by atoms with Crippen LogP contribution >= 0.6 is 0 Å². The van der Waals surface area contributed by atoms with Crippen molar-refractivity contribution in [3.63, 3.8) is 0 Å². The molecule has 1 aliphatic carbocycles. The summed E-state index contributed by atoms with van der Waals surface area (Å²) in [4.78, 5) is 27.1. The quantitative estimate of drug-likeness (QED) is 0.781. The van der Waals surface area contributed by atoms with Gasteiger partial charge in [-0.1, -0.05) is 17.7 Å². The van der Waals surface area contributed by atoms with Crippen molar-refractivity contribution in [2.75, 3.05) is 24.6 Å². The molecule has 1 N–H and O–H groups in total. The molecule has 2 aromatic rings. The van der Waals surface area contributed by atoms with Crippen LogP contribution in [0.25, 0.3) is 5.69 Å². The molecule has 1 saturated heterocycles. The van der Waals surface area contributed by atoms with Crippen LogP contribution in [-0.2, 0) is 27.5 Å². The van der Waals surface area contributed by atoms with Gasteiger partial charge >= 0.3 is 0 Å². The van der Waals surface area contributed by atoms with Gasteiger partial charge < -0.3 is 10.2 Å². The Morgan fingerprint density at radius 3 is 2.43 bits per heavy atom. The van der Waals surface area contributed by atoms with Crippen LogP contribution in [0.5, 0.6) is 0 Å². The molecule has 1 fully saturated rings. The minimum Gasteiger partial charge on any atom is -0.339 e. The second-order valence-corrected chi connectivity index (χ2v) is 10.4. The first kappa shape index (κ1) is 20.6. The highest BCUT2D eigenvalue weighted by Crippen LogP contribution is 2.28. The van der Waals surface area contributed by atoms with Gasteiger partial charge in [-0.2, -0.15) is 5.10 Å². The summed E-state index contributed by atoms with van der Waals surface area (Å²) in [6, 6.07) is 7.24. The predicted octanol–water partition coefficient (Wildman–Crippen LogP) is 1.04. The van der Waals surface area contributed by atoms with Crippen LogP contribution in [0, 0.1) is 6.92 Å². The van der Waals surface area contributed by atoms with E-state index in [0.717, 1.165) is 41.8 Å². The van der Waals surface area contributed by atoms with E-state index in [4.69, 9.17) is 0 Å². The van der Waals surface area contributed by atoms with Gasteiger partial charge in [-0.25, -0.2) is 13.1 Å². The largest absolute Gasteiger partial charge is 0.339 e. The molecule has 2 amide bonds. The molecular formula is C21H26N4O4S. The smallest absolute Gasteiger partial charge is 0.272 e. The predicted molar refractivity (Wildman–Crippen MR) is 112 cm³/mol. The summed E-state index contributed by atoms with van der Waals surface area (Å²) >= 11 is 0. The van der Waals surface area contributed by atoms with E-state index in [9.17, 15) is 18.0 Å². The molecule has 1 unspecified atom stereocenters. The van der Waals surface area contributed by atoms with Gasteiger partial charge in [0.1, 0.15) is 6.04 Å². The zero-order valence-electron chi connectivity index (χ0n) is 17.2. The van der Waals surface area contributed by atoms with Crippen LogP contribution in [-0.4, -0.2) is 65.5 Å². The van der Waals surface area contributed by atoms with E-state index in [2.05, 4.69) is 10.4 Å². The number of sulfone groups is 1. The zero-order valence-corrected chi connectivity index (χ0v) is 18.0. The SMILES string of the molecule is Cc1ccc(-n2nc(C(=O)NC(C)C(=O)N3CCS(=O)(=O)CC3)c3c2CCC3)cc1. The molecule has 2 aliphatic rings. The number of nitrogens with one attached hydrogen (secondary N) is 1. The lowest BCUT2D eigenvalue weighted by Gasteiger charge is -2.29. The molecule has 4 rings (SSSR count). The highest BCUT2D eigenvalue weighted by Gasteiger charge is 2.31. The van der Waals surface area contributed by atoms with Crippen molar-refractivity contribution >= 4 is 21.7 Å². The van der Waals surface area contributed by atoms with Gasteiger partial charge in [0, 0.05) is 24.3 Å². The number of nitrogens with zero attached hydrogens (tertiary/aromatic N) is 3. The number of hydrogen-bond donors (Lipinski definition) is 1. The monoisotopic (exact) mass is 430 g/mol. The molecule has 9 heteroatoms. The Bertz CT molecular complexity index is 1070. The maximum atomic E-state index is 13.0. The Hall–Kier alpha value is -2.68. The summed E-state index contributed by atoms with van der Waals surface area (Å²) in [5.41, 5.74) is 4.42. The Morgan fingerprint density at radius 2 is 1.77 bits per heavy atom. The van der Waals surface area contributed by atoms with E-state index >= 15 is 0 Å². The van der Waals surface area contributed by atoms with Crippen LogP contribution < -0.4 is 5.32 Å². The first-order valence-corrected chi connectivity index (χ1v) is 12.1. The van der Waals surface area contributed by atoms with Crippen molar-refractivity contribution in [2.24, 2.45) is 0 Å². The van der Waals surface area contributed by atoms with Gasteiger partial charge in [0.25, 0.3) is 5.91 Å². The molecule has 0 spiro atoms. The molecular weight excluding hydrogens is 404 g/mol. The van der Waals surface area contributed by atoms with E-state index < -0.39 is 15.9 Å². The summed E-state index contributed by atoms with van der Waals surface area (Å²) in [7, 11) is -3.07. The number of benzene rings is 1. The lowest BCUT2D eigenvalue weighted by molar-refractivity contribution is -0.132. The van der Waals surface area contributed by atoms with Crippen LogP contribution in [0.1, 0.15) is 40.7 Å². The lowest BCUT2D eigenvalue weighted by Crippen LogP contribution is -2.51. The van der Waals surface area contributed by atoms with Gasteiger partial charge in [0.2, 0.25) is 5.91 Å². The van der Waals surface area contributed by atoms with Crippen molar-refractivity contribution in [1.29, 1.82) is 0 Å². The van der Waals surface area contributed by atoms with E-state index in [-0.39, 0.29) is 36.4 Å². The highest BCUT2D eigenvalue weighted by molar-refractivity contribution is 7.91. The van der Waals surface area contributed by atoms with Crippen LogP contribution in [0.15, 0.2) is 24.3 Å². The third-order valence-corrected chi connectivity index (χ3v) is 7.41. The van der Waals surface area contributed by atoms with Crippen LogP contribution in [0.3, 0.4) is 0 Å². The Labute approximate surface area is 176 Å². The minimum atomic E-state index is -3.07. The van der Waals surface area contributed by atoms with E-state index in [1.54, 1.807) is 6.92 Å². The fourth-order valence-electron chi connectivity index (χ4n) is 4.05. The number of aryl methyl sites for hydroxylation is 1. The second kappa shape index (κ2) is 7.86. The average Bonchev–Trinajstić information content (AvgIpc) is 3.31. The summed E-state index contributed by atoms with van der Waals surface area (Å²) in [6.07, 6.45) is 2.62. The molecule has 160 valence electrons. The van der Waals surface area contributed by atoms with Crippen molar-refractivity contribution in [2.45, 2.75) is 39.2 Å². The van der Waals surface area contributed by atoms with Crippen LogP contribution in [0.4, 0.5) is 0 Å². The fourth-order valence-corrected chi connectivity index (χ4v) is 5.25. The maximum absolute atomic E-state index is 13.0. The molecule has 8 nitrogen and oxygen atoms in total. The molecule has 1 atom stereocenters. The number of aromatic nitrogens is 2. The topological polar surface area (TPSA) is 101 Å². The molecule has 1 aromatic carbocycles. The molecule has 0 radical (unpaired) electrons. The Balaban J connectivity index is 1.50. The molecule has 0 saturated carbocycles. The summed E-state index contributed by atoms with van der Waals surface area (Å²) < 4.78 is 25.0. The molecule has 1 aliphatic heterocycles. The zero-order chi connectivity index (χ0) is 21.5. The molecule has 0 bridgehead atoms. The van der Waals surface area contributed by atoms with Crippen molar-refractivity contribution < 1.29 is 18.0 Å². The number of carbonyl (C=O) groups excluding carboxylic acids is 2. The summed E-state index contributed by atoms with van der Waals surface area (Å²) in [6.45, 7) is 3.98. The van der Waals surface area contributed by atoms with E-state index in [0.29, 0.717) is 5.69 Å². The number of amides is 2. The van der Waals surface area contributed by atoms with E-state index in [1.807, 2.05) is 35.9 Å². The molecule has 2 heterocycles. The first-order chi connectivity index (χ1) is 14.2. The summed E-state index contributed by atoms with van der Waals surface area (Å²) in [5, 5.41) is 7.34. The molecule has 1 aromatic heterocycles. The van der Waals surface area contributed by atoms with Crippen molar-refractivity contribution in [3.05, 3.63) is 46.8 Å². The third-order valence-electron chi connectivity index (χ3n) is 5.80. The average molecular weight is 431 g/mol. The standard InChI is InChI=1S/C21H26N4O4S/c1-14-6-8-16(9-7-14)25-18-5-3-4-17(18)19(23-25)20(26)22-15(2)21(27)24-10-12-30(28,29)13-11-24/h6-9,15H,3-5,10-13H2,1-2H3,(H,22,26).